The number of halogens is 1. The highest BCUT2D eigenvalue weighted by Crippen LogP contribution is 2.21. The molecule has 1 aromatic heterocycles. The van der Waals surface area contributed by atoms with Crippen molar-refractivity contribution >= 4 is 22.6 Å². The molecule has 0 fully saturated rings. The minimum absolute atomic E-state index is 0.466. The van der Waals surface area contributed by atoms with E-state index in [1.54, 1.807) is 18.5 Å². The molecule has 0 N–H and O–H groups in total. The summed E-state index contributed by atoms with van der Waals surface area (Å²) in [5.74, 6) is 0. The van der Waals surface area contributed by atoms with E-state index in [0.717, 1.165) is 11.0 Å². The smallest absolute Gasteiger partial charge is 0.101 e. The molecular formula is C9H6ClN3. The zero-order valence-corrected chi connectivity index (χ0v) is 7.71. The highest BCUT2D eigenvalue weighted by Gasteiger charge is 2.05. The molecule has 0 saturated heterocycles. The summed E-state index contributed by atoms with van der Waals surface area (Å²) in [6.45, 7) is 0. The first-order valence-electron chi connectivity index (χ1n) is 3.73. The predicted octanol–water partition coefficient (Wildman–Crippen LogP) is 2.10. The molecule has 0 saturated carbocycles. The van der Waals surface area contributed by atoms with E-state index in [4.69, 9.17) is 16.9 Å². The van der Waals surface area contributed by atoms with Crippen molar-refractivity contribution < 1.29 is 0 Å². The number of benzene rings is 1. The molecule has 0 radical (unpaired) electrons. The highest BCUT2D eigenvalue weighted by atomic mass is 35.5. The summed E-state index contributed by atoms with van der Waals surface area (Å²) in [5, 5.41) is 9.19. The molecular weight excluding hydrogens is 186 g/mol. The first kappa shape index (κ1) is 8.09. The van der Waals surface area contributed by atoms with Gasteiger partial charge in [-0.15, -0.1) is 0 Å². The Bertz CT molecular complexity index is 507. The van der Waals surface area contributed by atoms with Crippen molar-refractivity contribution in [2.75, 3.05) is 0 Å². The van der Waals surface area contributed by atoms with Gasteiger partial charge in [-0.2, -0.15) is 5.26 Å². The van der Waals surface area contributed by atoms with E-state index in [2.05, 4.69) is 4.98 Å². The summed E-state index contributed by atoms with van der Waals surface area (Å²) in [6.07, 6.45) is 1.70. The normalized spacial score (nSPS) is 10.2. The first-order valence-corrected chi connectivity index (χ1v) is 4.11. The third kappa shape index (κ3) is 1.16. The van der Waals surface area contributed by atoms with Crippen LogP contribution < -0.4 is 0 Å². The second kappa shape index (κ2) is 2.75. The predicted molar refractivity (Wildman–Crippen MR) is 50.4 cm³/mol. The van der Waals surface area contributed by atoms with Gasteiger partial charge in [0.05, 0.1) is 27.9 Å². The van der Waals surface area contributed by atoms with E-state index in [0.29, 0.717) is 10.6 Å². The van der Waals surface area contributed by atoms with Gasteiger partial charge < -0.3 is 4.57 Å². The van der Waals surface area contributed by atoms with Gasteiger partial charge in [0.2, 0.25) is 0 Å². The minimum atomic E-state index is 0.466. The van der Waals surface area contributed by atoms with Gasteiger partial charge in [0.15, 0.2) is 0 Å². The number of imidazole rings is 1. The molecule has 0 aliphatic rings. The lowest BCUT2D eigenvalue weighted by Gasteiger charge is -1.96. The van der Waals surface area contributed by atoms with Gasteiger partial charge in [-0.1, -0.05) is 11.6 Å². The Kier molecular flexibility index (Phi) is 1.71. The highest BCUT2D eigenvalue weighted by molar-refractivity contribution is 6.32. The van der Waals surface area contributed by atoms with Crippen molar-refractivity contribution in [1.29, 1.82) is 5.26 Å². The third-order valence-corrected chi connectivity index (χ3v) is 2.25. The molecule has 2 rings (SSSR count). The zero-order chi connectivity index (χ0) is 9.42. The molecule has 64 valence electrons. The molecule has 0 amide bonds. The Morgan fingerprint density at radius 2 is 2.31 bits per heavy atom. The van der Waals surface area contributed by atoms with Crippen LogP contribution in [0.25, 0.3) is 11.0 Å². The Hall–Kier alpha value is -1.53. The SMILES string of the molecule is Cn1cnc2cc(C#N)c(Cl)cc21. The quantitative estimate of drug-likeness (QED) is 0.640. The molecule has 3 nitrogen and oxygen atoms in total. The van der Waals surface area contributed by atoms with Crippen molar-refractivity contribution in [3.05, 3.63) is 29.0 Å². The molecule has 1 aromatic carbocycles. The average Bonchev–Trinajstić information content (AvgIpc) is 2.47. The van der Waals surface area contributed by atoms with E-state index < -0.39 is 0 Å². The zero-order valence-electron chi connectivity index (χ0n) is 6.95. The average molecular weight is 192 g/mol. The van der Waals surface area contributed by atoms with Crippen LogP contribution in [0.2, 0.25) is 5.02 Å². The number of nitrogens with zero attached hydrogens (tertiary/aromatic N) is 3. The number of fused-ring (bicyclic) bond motifs is 1. The van der Waals surface area contributed by atoms with Crippen molar-refractivity contribution in [2.45, 2.75) is 0 Å². The summed E-state index contributed by atoms with van der Waals surface area (Å²) in [4.78, 5) is 4.12. The molecule has 0 aliphatic carbocycles. The van der Waals surface area contributed by atoms with Crippen LogP contribution in [0.5, 0.6) is 0 Å². The topological polar surface area (TPSA) is 41.6 Å². The van der Waals surface area contributed by atoms with Gasteiger partial charge in [-0.05, 0) is 12.1 Å². The van der Waals surface area contributed by atoms with E-state index >= 15 is 0 Å². The second-order valence-electron chi connectivity index (χ2n) is 2.79. The van der Waals surface area contributed by atoms with E-state index in [1.807, 2.05) is 17.7 Å². The minimum Gasteiger partial charge on any atom is -0.334 e. The van der Waals surface area contributed by atoms with Gasteiger partial charge in [0.25, 0.3) is 0 Å². The molecule has 0 unspecified atom stereocenters. The standard InChI is InChI=1S/C9H6ClN3/c1-13-5-12-8-2-6(4-11)7(10)3-9(8)13/h2-3,5H,1H3. The van der Waals surface area contributed by atoms with Crippen molar-refractivity contribution in [3.63, 3.8) is 0 Å². The van der Waals surface area contributed by atoms with Gasteiger partial charge >= 0.3 is 0 Å². The summed E-state index contributed by atoms with van der Waals surface area (Å²) >= 11 is 5.87. The maximum atomic E-state index is 8.72. The van der Waals surface area contributed by atoms with Gasteiger partial charge in [-0.25, -0.2) is 4.98 Å². The summed E-state index contributed by atoms with van der Waals surface area (Å²) in [6, 6.07) is 5.46. The molecule has 0 bridgehead atoms. The number of hydrogen-bond acceptors (Lipinski definition) is 2. The first-order chi connectivity index (χ1) is 6.22. The van der Waals surface area contributed by atoms with Gasteiger partial charge in [0.1, 0.15) is 6.07 Å². The van der Waals surface area contributed by atoms with Crippen molar-refractivity contribution in [3.8, 4) is 6.07 Å². The Labute approximate surface area is 80.2 Å². The van der Waals surface area contributed by atoms with Crippen LogP contribution >= 0.6 is 11.6 Å². The molecule has 0 aliphatic heterocycles. The van der Waals surface area contributed by atoms with Crippen molar-refractivity contribution in [1.82, 2.24) is 9.55 Å². The monoisotopic (exact) mass is 191 g/mol. The van der Waals surface area contributed by atoms with Crippen LogP contribution in [-0.2, 0) is 7.05 Å². The fourth-order valence-corrected chi connectivity index (χ4v) is 1.43. The van der Waals surface area contributed by atoms with Crippen LogP contribution in [0.3, 0.4) is 0 Å². The Morgan fingerprint density at radius 1 is 1.54 bits per heavy atom. The van der Waals surface area contributed by atoms with E-state index in [9.17, 15) is 0 Å². The lowest BCUT2D eigenvalue weighted by molar-refractivity contribution is 0.947. The van der Waals surface area contributed by atoms with Crippen LogP contribution in [0.1, 0.15) is 5.56 Å². The number of aromatic nitrogens is 2. The molecule has 1 heterocycles. The van der Waals surface area contributed by atoms with E-state index in [1.165, 1.54) is 0 Å². The maximum absolute atomic E-state index is 8.72. The third-order valence-electron chi connectivity index (χ3n) is 1.93. The van der Waals surface area contributed by atoms with Crippen LogP contribution in [0.15, 0.2) is 18.5 Å². The molecule has 0 atom stereocenters. The fraction of sp³-hybridized carbons (Fsp3) is 0.111. The second-order valence-corrected chi connectivity index (χ2v) is 3.20. The molecule has 2 aromatic rings. The van der Waals surface area contributed by atoms with E-state index in [-0.39, 0.29) is 0 Å². The summed E-state index contributed by atoms with van der Waals surface area (Å²) in [5.41, 5.74) is 2.19. The Balaban J connectivity index is 2.85. The fourth-order valence-electron chi connectivity index (χ4n) is 1.23. The van der Waals surface area contributed by atoms with Gasteiger partial charge in [-0.3, -0.25) is 0 Å². The number of aryl methyl sites for hydroxylation is 1. The number of hydrogen-bond donors (Lipinski definition) is 0. The van der Waals surface area contributed by atoms with Crippen LogP contribution in [-0.4, -0.2) is 9.55 Å². The molecule has 13 heavy (non-hydrogen) atoms. The Morgan fingerprint density at radius 3 is 3.00 bits per heavy atom. The molecule has 4 heteroatoms. The molecule has 0 spiro atoms. The van der Waals surface area contributed by atoms with Crippen LogP contribution in [0, 0.1) is 11.3 Å². The van der Waals surface area contributed by atoms with Gasteiger partial charge in [0, 0.05) is 7.05 Å². The largest absolute Gasteiger partial charge is 0.334 e. The maximum Gasteiger partial charge on any atom is 0.101 e. The van der Waals surface area contributed by atoms with Crippen molar-refractivity contribution in [2.24, 2.45) is 7.05 Å². The lowest BCUT2D eigenvalue weighted by Crippen LogP contribution is -1.84. The number of rotatable bonds is 0. The summed E-state index contributed by atoms with van der Waals surface area (Å²) < 4.78 is 1.86. The summed E-state index contributed by atoms with van der Waals surface area (Å²) in [7, 11) is 1.89. The lowest BCUT2D eigenvalue weighted by atomic mass is 10.2. The van der Waals surface area contributed by atoms with Crippen LogP contribution in [0.4, 0.5) is 0 Å². The number of nitriles is 1.